The molecule has 0 saturated carbocycles. The number of carbonyl (C=O) groups is 1. The van der Waals surface area contributed by atoms with Crippen molar-refractivity contribution in [2.24, 2.45) is 0 Å². The monoisotopic (exact) mass is 263 g/mol. The van der Waals surface area contributed by atoms with E-state index >= 15 is 0 Å². The number of thioether (sulfide) groups is 1. The van der Waals surface area contributed by atoms with Crippen LogP contribution in [-0.2, 0) is 0 Å². The first kappa shape index (κ1) is 11.5. The molecule has 0 spiro atoms. The minimum Gasteiger partial charge on any atom is -0.478 e. The summed E-state index contributed by atoms with van der Waals surface area (Å²) in [6.45, 7) is 0. The van der Waals surface area contributed by atoms with Crippen LogP contribution in [-0.4, -0.2) is 31.4 Å². The van der Waals surface area contributed by atoms with Crippen molar-refractivity contribution in [2.45, 2.75) is 24.5 Å². The Labute approximate surface area is 108 Å². The highest BCUT2D eigenvalue weighted by molar-refractivity contribution is 7.99. The van der Waals surface area contributed by atoms with Crippen molar-refractivity contribution in [1.29, 1.82) is 0 Å². The fraction of sp³-hybridized carbons (Fsp3) is 0.417. The lowest BCUT2D eigenvalue weighted by atomic mass is 10.2. The summed E-state index contributed by atoms with van der Waals surface area (Å²) in [4.78, 5) is 11.0. The van der Waals surface area contributed by atoms with Crippen molar-refractivity contribution < 1.29 is 9.90 Å². The molecule has 1 aliphatic heterocycles. The molecular formula is C12H13N3O2S. The first-order valence-electron chi connectivity index (χ1n) is 5.95. The third-order valence-corrected chi connectivity index (χ3v) is 4.52. The summed E-state index contributed by atoms with van der Waals surface area (Å²) < 4.78 is 1.81. The Morgan fingerprint density at radius 3 is 3.00 bits per heavy atom. The molecule has 3 rings (SSSR count). The van der Waals surface area contributed by atoms with Gasteiger partial charge in [-0.05, 0) is 30.7 Å². The maximum absolute atomic E-state index is 11.0. The molecule has 1 saturated heterocycles. The Morgan fingerprint density at radius 1 is 1.39 bits per heavy atom. The van der Waals surface area contributed by atoms with Crippen LogP contribution in [0, 0.1) is 0 Å². The van der Waals surface area contributed by atoms with Gasteiger partial charge in [-0.2, -0.15) is 11.8 Å². The van der Waals surface area contributed by atoms with Crippen LogP contribution < -0.4 is 0 Å². The highest BCUT2D eigenvalue weighted by Crippen LogP contribution is 2.37. The fourth-order valence-corrected chi connectivity index (χ4v) is 3.50. The van der Waals surface area contributed by atoms with Crippen LogP contribution in [0.15, 0.2) is 18.3 Å². The maximum atomic E-state index is 11.0. The van der Waals surface area contributed by atoms with E-state index in [0.29, 0.717) is 10.9 Å². The smallest absolute Gasteiger partial charge is 0.337 e. The topological polar surface area (TPSA) is 67.5 Å². The third kappa shape index (κ3) is 1.96. The number of fused-ring (bicyclic) bond motifs is 1. The molecule has 1 N–H and O–H groups in total. The van der Waals surface area contributed by atoms with Crippen LogP contribution in [0.5, 0.6) is 0 Å². The van der Waals surface area contributed by atoms with E-state index in [1.54, 1.807) is 18.3 Å². The number of aromatic nitrogens is 3. The third-order valence-electron chi connectivity index (χ3n) is 3.14. The lowest BCUT2D eigenvalue weighted by Crippen LogP contribution is -2.07. The quantitative estimate of drug-likeness (QED) is 0.901. The summed E-state index contributed by atoms with van der Waals surface area (Å²) >= 11 is 1.88. The zero-order valence-electron chi connectivity index (χ0n) is 9.74. The van der Waals surface area contributed by atoms with Crippen LogP contribution in [0.3, 0.4) is 0 Å². The van der Waals surface area contributed by atoms with Crippen molar-refractivity contribution in [1.82, 2.24) is 14.6 Å². The van der Waals surface area contributed by atoms with Gasteiger partial charge in [0.05, 0.1) is 10.8 Å². The predicted octanol–water partition coefficient (Wildman–Crippen LogP) is 2.39. The van der Waals surface area contributed by atoms with E-state index in [2.05, 4.69) is 10.2 Å². The SMILES string of the molecule is O=C(O)c1ccc2nnc(C3CCCCS3)n2c1. The summed E-state index contributed by atoms with van der Waals surface area (Å²) in [5, 5.41) is 17.7. The molecular weight excluding hydrogens is 250 g/mol. The van der Waals surface area contributed by atoms with Crippen molar-refractivity contribution in [3.63, 3.8) is 0 Å². The second-order valence-corrected chi connectivity index (χ2v) is 5.68. The van der Waals surface area contributed by atoms with Crippen molar-refractivity contribution in [3.8, 4) is 0 Å². The van der Waals surface area contributed by atoms with Gasteiger partial charge in [0, 0.05) is 6.20 Å². The van der Waals surface area contributed by atoms with Gasteiger partial charge in [-0.25, -0.2) is 4.79 Å². The van der Waals surface area contributed by atoms with E-state index in [-0.39, 0.29) is 5.56 Å². The van der Waals surface area contributed by atoms with E-state index < -0.39 is 5.97 Å². The molecule has 1 unspecified atom stereocenters. The molecule has 1 aliphatic rings. The van der Waals surface area contributed by atoms with Gasteiger partial charge in [0.2, 0.25) is 0 Å². The largest absolute Gasteiger partial charge is 0.478 e. The Hall–Kier alpha value is -1.56. The van der Waals surface area contributed by atoms with E-state index in [4.69, 9.17) is 5.11 Å². The molecule has 3 heterocycles. The molecule has 2 aromatic rings. The lowest BCUT2D eigenvalue weighted by Gasteiger charge is -2.19. The Kier molecular flexibility index (Phi) is 2.95. The average Bonchev–Trinajstić information content (AvgIpc) is 2.82. The molecule has 0 aromatic carbocycles. The molecule has 6 heteroatoms. The van der Waals surface area contributed by atoms with Gasteiger partial charge in [-0.1, -0.05) is 6.42 Å². The van der Waals surface area contributed by atoms with E-state index in [1.165, 1.54) is 12.8 Å². The van der Waals surface area contributed by atoms with Crippen molar-refractivity contribution in [3.05, 3.63) is 29.7 Å². The van der Waals surface area contributed by atoms with Crippen LogP contribution >= 0.6 is 11.8 Å². The molecule has 0 amide bonds. The van der Waals surface area contributed by atoms with E-state index in [9.17, 15) is 4.79 Å². The van der Waals surface area contributed by atoms with Gasteiger partial charge >= 0.3 is 5.97 Å². The normalized spacial score (nSPS) is 20.1. The molecule has 2 aromatic heterocycles. The standard InChI is InChI=1S/C12H13N3O2S/c16-12(17)8-4-5-10-13-14-11(15(10)7-8)9-3-1-2-6-18-9/h4-5,7,9H,1-3,6H2,(H,16,17). The second-order valence-electron chi connectivity index (χ2n) is 4.36. The highest BCUT2D eigenvalue weighted by Gasteiger charge is 2.21. The van der Waals surface area contributed by atoms with E-state index in [1.807, 2.05) is 16.2 Å². The van der Waals surface area contributed by atoms with Crippen LogP contribution in [0.1, 0.15) is 40.7 Å². The number of rotatable bonds is 2. The minimum absolute atomic E-state index is 0.268. The number of aromatic carboxylic acids is 1. The van der Waals surface area contributed by atoms with Gasteiger partial charge in [0.1, 0.15) is 0 Å². The summed E-state index contributed by atoms with van der Waals surface area (Å²) in [5.74, 6) is 1.09. The zero-order valence-corrected chi connectivity index (χ0v) is 10.6. The molecule has 1 atom stereocenters. The molecule has 0 bridgehead atoms. The fourth-order valence-electron chi connectivity index (χ4n) is 2.20. The van der Waals surface area contributed by atoms with Crippen LogP contribution in [0.25, 0.3) is 5.65 Å². The number of carboxylic acids is 1. The van der Waals surface area contributed by atoms with Gasteiger partial charge < -0.3 is 5.11 Å². The Bertz CT molecular complexity index is 590. The maximum Gasteiger partial charge on any atom is 0.337 e. The number of nitrogens with zero attached hydrogens (tertiary/aromatic N) is 3. The summed E-state index contributed by atoms with van der Waals surface area (Å²) in [6.07, 6.45) is 5.15. The summed E-state index contributed by atoms with van der Waals surface area (Å²) in [7, 11) is 0. The number of pyridine rings is 1. The van der Waals surface area contributed by atoms with Gasteiger partial charge in [0.25, 0.3) is 0 Å². The van der Waals surface area contributed by atoms with Crippen molar-refractivity contribution >= 4 is 23.4 Å². The Morgan fingerprint density at radius 2 is 2.28 bits per heavy atom. The number of hydrogen-bond donors (Lipinski definition) is 1. The van der Waals surface area contributed by atoms with E-state index in [0.717, 1.165) is 18.0 Å². The second kappa shape index (κ2) is 4.61. The number of hydrogen-bond acceptors (Lipinski definition) is 4. The van der Waals surface area contributed by atoms with Gasteiger partial charge in [0.15, 0.2) is 11.5 Å². The zero-order chi connectivity index (χ0) is 12.5. The first-order chi connectivity index (χ1) is 8.75. The molecule has 1 fully saturated rings. The highest BCUT2D eigenvalue weighted by atomic mass is 32.2. The summed E-state index contributed by atoms with van der Waals surface area (Å²) in [6, 6.07) is 3.26. The van der Waals surface area contributed by atoms with Crippen LogP contribution in [0.4, 0.5) is 0 Å². The minimum atomic E-state index is -0.923. The molecule has 94 valence electrons. The molecule has 18 heavy (non-hydrogen) atoms. The van der Waals surface area contributed by atoms with Gasteiger partial charge in [-0.3, -0.25) is 4.40 Å². The molecule has 5 nitrogen and oxygen atoms in total. The average molecular weight is 263 g/mol. The first-order valence-corrected chi connectivity index (χ1v) is 7.00. The predicted molar refractivity (Wildman–Crippen MR) is 69.0 cm³/mol. The molecule has 0 radical (unpaired) electrons. The van der Waals surface area contributed by atoms with Crippen LogP contribution in [0.2, 0.25) is 0 Å². The van der Waals surface area contributed by atoms with Crippen molar-refractivity contribution in [2.75, 3.05) is 5.75 Å². The molecule has 0 aliphatic carbocycles. The number of carboxylic acid groups (broad SMARTS) is 1. The Balaban J connectivity index is 2.05. The van der Waals surface area contributed by atoms with Gasteiger partial charge in [-0.15, -0.1) is 10.2 Å². The summed E-state index contributed by atoms with van der Waals surface area (Å²) in [5.41, 5.74) is 0.977. The lowest BCUT2D eigenvalue weighted by molar-refractivity contribution is 0.0696.